The van der Waals surface area contributed by atoms with E-state index in [-0.39, 0.29) is 17.4 Å². The lowest BCUT2D eigenvalue weighted by molar-refractivity contribution is -0.139. The predicted octanol–water partition coefficient (Wildman–Crippen LogP) is 4.66. The summed E-state index contributed by atoms with van der Waals surface area (Å²) < 4.78 is 56.2. The number of likely N-dealkylation sites (N-methyl/N-ethyl adjacent to an activating group) is 1. The first-order valence-electron chi connectivity index (χ1n) is 13.8. The molecular weight excluding hydrogens is 566 g/mol. The molecule has 0 saturated carbocycles. The second kappa shape index (κ2) is 11.2. The Morgan fingerprint density at radius 1 is 1.16 bits per heavy atom. The highest BCUT2D eigenvalue weighted by Gasteiger charge is 2.36. The van der Waals surface area contributed by atoms with E-state index in [2.05, 4.69) is 30.2 Å². The second-order valence-electron chi connectivity index (χ2n) is 10.9. The van der Waals surface area contributed by atoms with Gasteiger partial charge < -0.3 is 24.7 Å². The lowest BCUT2D eigenvalue weighted by Crippen LogP contribution is -2.35. The average molecular weight is 596 g/mol. The zero-order valence-corrected chi connectivity index (χ0v) is 23.5. The highest BCUT2D eigenvalue weighted by Crippen LogP contribution is 2.40. The Hall–Kier alpha value is -4.59. The zero-order valence-electron chi connectivity index (χ0n) is 23.5. The van der Waals surface area contributed by atoms with Crippen LogP contribution in [0.4, 0.5) is 29.2 Å². The summed E-state index contributed by atoms with van der Waals surface area (Å²) in [4.78, 5) is 37.5. The number of carbonyl (C=O) groups is 1. The van der Waals surface area contributed by atoms with Crippen molar-refractivity contribution in [2.24, 2.45) is 0 Å². The lowest BCUT2D eigenvalue weighted by atomic mass is 9.95. The average Bonchev–Trinajstić information content (AvgIpc) is 3.71. The van der Waals surface area contributed by atoms with Gasteiger partial charge in [0.25, 0.3) is 5.91 Å². The third kappa shape index (κ3) is 5.74. The number of hydrogen-bond acceptors (Lipinski definition) is 7. The smallest absolute Gasteiger partial charge is 0.356 e. The number of aromatic amines is 1. The van der Waals surface area contributed by atoms with Gasteiger partial charge in [0.05, 0.1) is 40.6 Å². The summed E-state index contributed by atoms with van der Waals surface area (Å²) in [5, 5.41) is 2.81. The molecule has 43 heavy (non-hydrogen) atoms. The minimum absolute atomic E-state index is 0.0318. The second-order valence-corrected chi connectivity index (χ2v) is 10.9. The first-order valence-corrected chi connectivity index (χ1v) is 13.8. The first kappa shape index (κ1) is 28.5. The molecule has 0 unspecified atom stereocenters. The fourth-order valence-electron chi connectivity index (χ4n) is 5.52. The van der Waals surface area contributed by atoms with Gasteiger partial charge in [0.15, 0.2) is 0 Å². The topological polar surface area (TPSA) is 108 Å². The maximum Gasteiger partial charge on any atom is 0.419 e. The molecule has 0 spiro atoms. The number of rotatable bonds is 7. The molecular formula is C29H29F4N9O. The third-order valence-electron chi connectivity index (χ3n) is 7.72. The van der Waals surface area contributed by atoms with E-state index in [1.807, 2.05) is 23.6 Å². The Labute approximate surface area is 244 Å². The molecule has 0 bridgehead atoms. The van der Waals surface area contributed by atoms with Crippen molar-refractivity contribution in [1.29, 1.82) is 0 Å². The number of halogens is 4. The monoisotopic (exact) mass is 595 g/mol. The summed E-state index contributed by atoms with van der Waals surface area (Å²) in [5.41, 5.74) is 1.02. The number of imidazole rings is 2. The maximum atomic E-state index is 14.0. The summed E-state index contributed by atoms with van der Waals surface area (Å²) >= 11 is 0. The highest BCUT2D eigenvalue weighted by atomic mass is 19.4. The van der Waals surface area contributed by atoms with Crippen molar-refractivity contribution >= 4 is 29.2 Å². The van der Waals surface area contributed by atoms with Crippen molar-refractivity contribution in [3.05, 3.63) is 71.7 Å². The summed E-state index contributed by atoms with van der Waals surface area (Å²) in [6.45, 7) is 2.53. The van der Waals surface area contributed by atoms with Gasteiger partial charge in [0, 0.05) is 43.9 Å². The molecule has 0 aliphatic carbocycles. The number of aromatic nitrogens is 6. The number of benzene rings is 1. The Balaban J connectivity index is 1.27. The molecule has 14 heteroatoms. The van der Waals surface area contributed by atoms with Crippen LogP contribution in [-0.2, 0) is 17.5 Å². The minimum atomic E-state index is -4.81. The number of nitrogens with zero attached hydrogens (tertiary/aromatic N) is 7. The van der Waals surface area contributed by atoms with Crippen LogP contribution in [0, 0.1) is 5.82 Å². The van der Waals surface area contributed by atoms with Gasteiger partial charge >= 0.3 is 6.18 Å². The number of fused-ring (bicyclic) bond motifs is 1. The van der Waals surface area contributed by atoms with Gasteiger partial charge in [-0.25, -0.2) is 24.3 Å². The summed E-state index contributed by atoms with van der Waals surface area (Å²) in [7, 11) is 3.89. The molecule has 10 nitrogen and oxygen atoms in total. The van der Waals surface area contributed by atoms with E-state index in [1.165, 1.54) is 18.7 Å². The molecule has 4 aromatic rings. The number of amides is 1. The minimum Gasteiger partial charge on any atom is -0.356 e. The molecule has 6 rings (SSSR count). The van der Waals surface area contributed by atoms with Gasteiger partial charge in [-0.3, -0.25) is 4.79 Å². The summed E-state index contributed by atoms with van der Waals surface area (Å²) in [5.74, 6) is 0.320. The van der Waals surface area contributed by atoms with Gasteiger partial charge in [0.2, 0.25) is 0 Å². The number of carbonyl (C=O) groups excluding carboxylic acids is 1. The van der Waals surface area contributed by atoms with Crippen LogP contribution in [0.3, 0.4) is 0 Å². The van der Waals surface area contributed by atoms with Gasteiger partial charge in [-0.05, 0) is 51.2 Å². The van der Waals surface area contributed by atoms with Crippen LogP contribution in [0.5, 0.6) is 0 Å². The van der Waals surface area contributed by atoms with Gasteiger partial charge in [-0.2, -0.15) is 13.2 Å². The van der Waals surface area contributed by atoms with Crippen molar-refractivity contribution in [2.75, 3.05) is 43.9 Å². The van der Waals surface area contributed by atoms with Crippen LogP contribution in [0.2, 0.25) is 0 Å². The molecule has 224 valence electrons. The van der Waals surface area contributed by atoms with E-state index in [0.29, 0.717) is 73.2 Å². The molecule has 5 heterocycles. The fraction of sp³-hybridized carbons (Fsp3) is 0.345. The Kier molecular flexibility index (Phi) is 7.46. The first-order chi connectivity index (χ1) is 20.6. The third-order valence-corrected chi connectivity index (χ3v) is 7.72. The Morgan fingerprint density at radius 2 is 1.95 bits per heavy atom. The molecule has 1 saturated heterocycles. The van der Waals surface area contributed by atoms with Crippen LogP contribution >= 0.6 is 0 Å². The molecule has 1 aromatic carbocycles. The van der Waals surface area contributed by atoms with Gasteiger partial charge in [-0.1, -0.05) is 0 Å². The van der Waals surface area contributed by atoms with Crippen molar-refractivity contribution in [2.45, 2.75) is 31.5 Å². The van der Waals surface area contributed by atoms with Crippen molar-refractivity contribution < 1.29 is 22.4 Å². The van der Waals surface area contributed by atoms with Crippen LogP contribution in [0.25, 0.3) is 22.9 Å². The number of anilines is 2. The van der Waals surface area contributed by atoms with Crippen LogP contribution in [0.15, 0.2) is 43.2 Å². The van der Waals surface area contributed by atoms with Crippen molar-refractivity contribution in [3.63, 3.8) is 0 Å². The fourth-order valence-corrected chi connectivity index (χ4v) is 5.52. The molecule has 3 aromatic heterocycles. The number of piperidine rings is 1. The summed E-state index contributed by atoms with van der Waals surface area (Å²) in [6.07, 6.45) is 4.65. The van der Waals surface area contributed by atoms with E-state index in [1.54, 1.807) is 18.5 Å². The van der Waals surface area contributed by atoms with E-state index in [9.17, 15) is 22.4 Å². The number of hydrogen-bond donors (Lipinski definition) is 2. The quantitative estimate of drug-likeness (QED) is 0.236. The molecule has 2 aliphatic heterocycles. The molecule has 2 aliphatic rings. The maximum absolute atomic E-state index is 14.0. The highest BCUT2D eigenvalue weighted by molar-refractivity contribution is 6.35. The SMILES string of the molecule is CN(C)CCn1cc(-c2ccc(F)c(C(F)(F)F)c2)nc1C1CCN(c2ncnc3c2/C(=C/c2cnc[nH]2)C(=O)N3)CC1. The van der Waals surface area contributed by atoms with E-state index in [0.717, 1.165) is 18.0 Å². The van der Waals surface area contributed by atoms with Gasteiger partial charge in [-0.15, -0.1) is 0 Å². The molecule has 0 radical (unpaired) electrons. The van der Waals surface area contributed by atoms with Crippen molar-refractivity contribution in [1.82, 2.24) is 34.4 Å². The van der Waals surface area contributed by atoms with Crippen LogP contribution < -0.4 is 10.2 Å². The Bertz CT molecular complexity index is 1670. The normalized spacial score (nSPS) is 16.8. The molecule has 1 fully saturated rings. The lowest BCUT2D eigenvalue weighted by Gasteiger charge is -2.33. The van der Waals surface area contributed by atoms with Crippen molar-refractivity contribution in [3.8, 4) is 11.3 Å². The van der Waals surface area contributed by atoms with E-state index in [4.69, 9.17) is 4.98 Å². The zero-order chi connectivity index (χ0) is 30.3. The van der Waals surface area contributed by atoms with Crippen LogP contribution in [0.1, 0.15) is 41.4 Å². The van der Waals surface area contributed by atoms with E-state index < -0.39 is 17.6 Å². The number of nitrogens with one attached hydrogen (secondary N) is 2. The number of H-pyrrole nitrogens is 1. The van der Waals surface area contributed by atoms with Gasteiger partial charge in [0.1, 0.15) is 29.6 Å². The Morgan fingerprint density at radius 3 is 2.65 bits per heavy atom. The predicted molar refractivity (Wildman–Crippen MR) is 152 cm³/mol. The summed E-state index contributed by atoms with van der Waals surface area (Å²) in [6, 6.07) is 2.98. The molecule has 1 amide bonds. The van der Waals surface area contributed by atoms with Crippen LogP contribution in [-0.4, -0.2) is 74.0 Å². The van der Waals surface area contributed by atoms with E-state index >= 15 is 0 Å². The standard InChI is InChI=1S/C29H29F4N9O/c1-40(2)9-10-42-14-23(18-3-4-22(30)21(11-18)29(31,32)33)38-26(42)17-5-7-41(8-6-17)27-24-20(12-19-13-34-15-35-19)28(43)39-25(24)36-16-37-27/h3-4,11-17H,5-10H2,1-2H3,(H,34,35)(H,36,37,39,43)/b20-12-. The number of alkyl halides is 3. The molecule has 2 N–H and O–H groups in total. The largest absolute Gasteiger partial charge is 0.419 e. The molecule has 0 atom stereocenters.